The van der Waals surface area contributed by atoms with Crippen molar-refractivity contribution in [3.63, 3.8) is 0 Å². The molecule has 0 saturated heterocycles. The highest BCUT2D eigenvalue weighted by molar-refractivity contribution is 14.1. The first-order valence-corrected chi connectivity index (χ1v) is 9.02. The molecule has 27 heavy (non-hydrogen) atoms. The first-order valence-electron chi connectivity index (χ1n) is 7.95. The Labute approximate surface area is 169 Å². The number of nitrogens with one attached hydrogen (secondary N) is 1. The quantitative estimate of drug-likeness (QED) is 0.203. The van der Waals surface area contributed by atoms with Gasteiger partial charge in [-0.3, -0.25) is 9.78 Å². The van der Waals surface area contributed by atoms with Crippen molar-refractivity contribution in [1.29, 1.82) is 0 Å². The van der Waals surface area contributed by atoms with Gasteiger partial charge in [-0.25, -0.2) is 10.2 Å². The molecule has 0 fully saturated rings. The molecule has 0 atom stereocenters. The maximum absolute atomic E-state index is 12.2. The predicted octanol–water partition coefficient (Wildman–Crippen LogP) is 3.67. The zero-order chi connectivity index (χ0) is 19.1. The van der Waals surface area contributed by atoms with E-state index in [1.165, 1.54) is 12.4 Å². The van der Waals surface area contributed by atoms with Gasteiger partial charge in [0, 0.05) is 9.77 Å². The van der Waals surface area contributed by atoms with Crippen LogP contribution in [0.2, 0.25) is 0 Å². The van der Waals surface area contributed by atoms with Crippen LogP contribution in [0.4, 0.5) is 0 Å². The summed E-state index contributed by atoms with van der Waals surface area (Å²) in [7, 11) is 0. The topological polar surface area (TPSA) is 80.6 Å². The highest BCUT2D eigenvalue weighted by Crippen LogP contribution is 2.17. The Morgan fingerprint density at radius 1 is 1.00 bits per heavy atom. The third kappa shape index (κ3) is 5.20. The molecule has 7 heteroatoms. The number of carbonyl (C=O) groups excluding carboxylic acids is 2. The summed E-state index contributed by atoms with van der Waals surface area (Å²) in [6, 6.07) is 19.1. The molecule has 0 aliphatic heterocycles. The van der Waals surface area contributed by atoms with Gasteiger partial charge in [-0.15, -0.1) is 0 Å². The first-order chi connectivity index (χ1) is 13.1. The fourth-order valence-electron chi connectivity index (χ4n) is 2.13. The minimum absolute atomic E-state index is 0.285. The van der Waals surface area contributed by atoms with Gasteiger partial charge in [-0.1, -0.05) is 18.2 Å². The number of amides is 1. The summed E-state index contributed by atoms with van der Waals surface area (Å²) in [5.74, 6) is -0.381. The molecule has 1 N–H and O–H groups in total. The normalized spacial score (nSPS) is 10.6. The van der Waals surface area contributed by atoms with Crippen LogP contribution in [-0.2, 0) is 0 Å². The molecule has 0 radical (unpaired) electrons. The molecule has 1 heterocycles. The van der Waals surface area contributed by atoms with Crippen molar-refractivity contribution in [2.75, 3.05) is 0 Å². The van der Waals surface area contributed by atoms with E-state index in [0.29, 0.717) is 11.3 Å². The maximum Gasteiger partial charge on any atom is 0.344 e. The Kier molecular flexibility index (Phi) is 6.26. The number of hydrogen-bond donors (Lipinski definition) is 1. The van der Waals surface area contributed by atoms with E-state index in [-0.39, 0.29) is 5.69 Å². The summed E-state index contributed by atoms with van der Waals surface area (Å²) in [5.41, 5.74) is 3.94. The lowest BCUT2D eigenvalue weighted by Crippen LogP contribution is -2.18. The Hall–Kier alpha value is -3.07. The summed E-state index contributed by atoms with van der Waals surface area (Å²) in [4.78, 5) is 28.0. The molecule has 0 spiro atoms. The number of hydrazone groups is 1. The molecule has 2 aromatic carbocycles. The standard InChI is InChI=1S/C20H14IN3O3/c21-17-6-2-1-5-16(17)20(26)27-15-10-8-14(9-11-15)13-23-24-19(25)18-7-3-4-12-22-18/h1-13H,(H,24,25). The van der Waals surface area contributed by atoms with E-state index >= 15 is 0 Å². The number of aromatic nitrogens is 1. The average molecular weight is 471 g/mol. The van der Waals surface area contributed by atoms with Gasteiger partial charge in [0.25, 0.3) is 5.91 Å². The maximum atomic E-state index is 12.2. The number of pyridine rings is 1. The van der Waals surface area contributed by atoms with Gasteiger partial charge < -0.3 is 4.74 Å². The molecule has 0 bridgehead atoms. The summed E-state index contributed by atoms with van der Waals surface area (Å²) in [5, 5.41) is 3.89. The number of esters is 1. The lowest BCUT2D eigenvalue weighted by molar-refractivity contribution is 0.0733. The molecule has 1 aromatic heterocycles. The van der Waals surface area contributed by atoms with Gasteiger partial charge in [-0.05, 0) is 76.7 Å². The lowest BCUT2D eigenvalue weighted by Gasteiger charge is -2.06. The van der Waals surface area contributed by atoms with E-state index in [2.05, 4.69) is 38.1 Å². The summed E-state index contributed by atoms with van der Waals surface area (Å²) in [6.45, 7) is 0. The summed E-state index contributed by atoms with van der Waals surface area (Å²) >= 11 is 2.09. The molecule has 134 valence electrons. The van der Waals surface area contributed by atoms with E-state index in [9.17, 15) is 9.59 Å². The van der Waals surface area contributed by atoms with Crippen LogP contribution in [0.5, 0.6) is 5.75 Å². The van der Waals surface area contributed by atoms with Gasteiger partial charge in [0.15, 0.2) is 0 Å². The number of halogens is 1. The van der Waals surface area contributed by atoms with Gasteiger partial charge in [0.05, 0.1) is 11.8 Å². The minimum atomic E-state index is -0.413. The number of nitrogens with zero attached hydrogens (tertiary/aromatic N) is 2. The van der Waals surface area contributed by atoms with Crippen LogP contribution in [0.25, 0.3) is 0 Å². The molecule has 0 saturated carbocycles. The predicted molar refractivity (Wildman–Crippen MR) is 110 cm³/mol. The summed E-state index contributed by atoms with van der Waals surface area (Å²) in [6.07, 6.45) is 3.03. The lowest BCUT2D eigenvalue weighted by atomic mass is 10.2. The van der Waals surface area contributed by atoms with E-state index in [1.54, 1.807) is 54.6 Å². The van der Waals surface area contributed by atoms with Gasteiger partial charge in [0.2, 0.25) is 0 Å². The zero-order valence-corrected chi connectivity index (χ0v) is 16.2. The number of ether oxygens (including phenoxy) is 1. The monoisotopic (exact) mass is 471 g/mol. The largest absolute Gasteiger partial charge is 0.423 e. The van der Waals surface area contributed by atoms with Crippen molar-refractivity contribution in [3.05, 3.63) is 93.3 Å². The Bertz CT molecular complexity index is 973. The Morgan fingerprint density at radius 2 is 1.74 bits per heavy atom. The number of rotatable bonds is 5. The van der Waals surface area contributed by atoms with Crippen LogP contribution in [0.3, 0.4) is 0 Å². The second kappa shape index (κ2) is 9.04. The second-order valence-corrected chi connectivity index (χ2v) is 6.51. The van der Waals surface area contributed by atoms with Crippen LogP contribution in [-0.4, -0.2) is 23.1 Å². The van der Waals surface area contributed by atoms with Crippen LogP contribution >= 0.6 is 22.6 Å². The highest BCUT2D eigenvalue weighted by Gasteiger charge is 2.11. The van der Waals surface area contributed by atoms with Gasteiger partial charge in [0.1, 0.15) is 11.4 Å². The molecule has 1 amide bonds. The van der Waals surface area contributed by atoms with Crippen molar-refractivity contribution < 1.29 is 14.3 Å². The zero-order valence-electron chi connectivity index (χ0n) is 14.0. The number of benzene rings is 2. The molecular weight excluding hydrogens is 457 g/mol. The van der Waals surface area contributed by atoms with Crippen molar-refractivity contribution in [3.8, 4) is 5.75 Å². The third-order valence-electron chi connectivity index (χ3n) is 3.46. The van der Waals surface area contributed by atoms with Gasteiger partial charge in [-0.2, -0.15) is 5.10 Å². The Morgan fingerprint density at radius 3 is 2.44 bits per heavy atom. The molecule has 3 aromatic rings. The third-order valence-corrected chi connectivity index (χ3v) is 4.40. The van der Waals surface area contributed by atoms with Crippen LogP contribution in [0, 0.1) is 3.57 Å². The SMILES string of the molecule is O=C(NN=Cc1ccc(OC(=O)c2ccccc2I)cc1)c1ccccn1. The molecule has 0 aliphatic carbocycles. The van der Waals surface area contributed by atoms with Crippen molar-refractivity contribution in [2.24, 2.45) is 5.10 Å². The van der Waals surface area contributed by atoms with Crippen LogP contribution < -0.4 is 10.2 Å². The van der Waals surface area contributed by atoms with E-state index in [4.69, 9.17) is 4.74 Å². The van der Waals surface area contributed by atoms with Crippen LogP contribution in [0.1, 0.15) is 26.4 Å². The smallest absolute Gasteiger partial charge is 0.344 e. The van der Waals surface area contributed by atoms with E-state index in [0.717, 1.165) is 9.13 Å². The van der Waals surface area contributed by atoms with E-state index < -0.39 is 11.9 Å². The molecule has 6 nitrogen and oxygen atoms in total. The molecule has 0 unspecified atom stereocenters. The minimum Gasteiger partial charge on any atom is -0.423 e. The summed E-state index contributed by atoms with van der Waals surface area (Å²) < 4.78 is 6.20. The van der Waals surface area contributed by atoms with Crippen molar-refractivity contribution >= 4 is 40.7 Å². The molecule has 3 rings (SSSR count). The van der Waals surface area contributed by atoms with Crippen molar-refractivity contribution in [2.45, 2.75) is 0 Å². The molecule has 0 aliphatic rings. The van der Waals surface area contributed by atoms with Crippen LogP contribution in [0.15, 0.2) is 78.0 Å². The van der Waals surface area contributed by atoms with E-state index in [1.807, 2.05) is 12.1 Å². The second-order valence-electron chi connectivity index (χ2n) is 5.35. The number of carbonyl (C=O) groups is 2. The first kappa shape index (κ1) is 18.7. The molecular formula is C20H14IN3O3. The fraction of sp³-hybridized carbons (Fsp3) is 0. The number of hydrogen-bond acceptors (Lipinski definition) is 5. The fourth-order valence-corrected chi connectivity index (χ4v) is 2.74. The highest BCUT2D eigenvalue weighted by atomic mass is 127. The van der Waals surface area contributed by atoms with Gasteiger partial charge >= 0.3 is 5.97 Å². The average Bonchev–Trinajstić information content (AvgIpc) is 2.70. The Balaban J connectivity index is 1.58. The van der Waals surface area contributed by atoms with Crippen molar-refractivity contribution in [1.82, 2.24) is 10.4 Å².